The Labute approximate surface area is 272 Å². The van der Waals surface area contributed by atoms with Gasteiger partial charge in [-0.3, -0.25) is 19.2 Å². The average Bonchev–Trinajstić information content (AvgIpc) is 3.05. The minimum atomic E-state index is -0.549. The van der Waals surface area contributed by atoms with Crippen LogP contribution >= 0.6 is 0 Å². The Kier molecular flexibility index (Phi) is 5.72. The van der Waals surface area contributed by atoms with Gasteiger partial charge in [0.05, 0.1) is 44.5 Å². The molecule has 0 aromatic heterocycles. The van der Waals surface area contributed by atoms with E-state index in [1.54, 1.807) is 27.7 Å². The topological polar surface area (TPSA) is 142 Å². The highest BCUT2D eigenvalue weighted by Crippen LogP contribution is 2.48. The molecule has 5 aliphatic rings. The van der Waals surface area contributed by atoms with Gasteiger partial charge in [0, 0.05) is 22.3 Å². The van der Waals surface area contributed by atoms with Gasteiger partial charge in [-0.1, -0.05) is 0 Å². The van der Waals surface area contributed by atoms with Gasteiger partial charge in [-0.05, 0) is 52.0 Å². The zero-order valence-electron chi connectivity index (χ0n) is 26.0. The zero-order valence-corrected chi connectivity index (χ0v) is 26.0. The zero-order chi connectivity index (χ0) is 33.2. The van der Waals surface area contributed by atoms with Crippen molar-refractivity contribution in [2.75, 3.05) is 27.2 Å². The summed E-state index contributed by atoms with van der Waals surface area (Å²) >= 11 is 0. The molecule has 0 fully saturated rings. The van der Waals surface area contributed by atoms with Gasteiger partial charge in [-0.2, -0.15) is 0 Å². The van der Waals surface area contributed by atoms with E-state index in [0.29, 0.717) is 22.3 Å². The molecule has 4 aromatic rings. The van der Waals surface area contributed by atoms with Crippen molar-refractivity contribution in [3.63, 3.8) is 0 Å². The first-order chi connectivity index (χ1) is 23.2. The molecule has 48 heavy (non-hydrogen) atoms. The van der Waals surface area contributed by atoms with E-state index >= 15 is 0 Å². The van der Waals surface area contributed by atoms with Crippen molar-refractivity contribution in [1.82, 2.24) is 0 Å². The third kappa shape index (κ3) is 3.59. The smallest absolute Gasteiger partial charge is 0.230 e. The number of benzene rings is 4. The maximum absolute atomic E-state index is 14.5. The fourth-order valence-electron chi connectivity index (χ4n) is 7.14. The maximum atomic E-state index is 14.5. The minimum Gasteiger partial charge on any atom is -0.456 e. The molecule has 1 aliphatic carbocycles. The van der Waals surface area contributed by atoms with Gasteiger partial charge >= 0.3 is 0 Å². The molecule has 0 saturated carbocycles. The lowest BCUT2D eigenvalue weighted by atomic mass is 9.86. The molecule has 0 amide bonds. The molecule has 4 heterocycles. The number of rotatable bonds is 0. The Morgan fingerprint density at radius 3 is 0.604 bits per heavy atom. The molecule has 0 unspecified atom stereocenters. The van der Waals surface area contributed by atoms with Crippen molar-refractivity contribution in [3.8, 4) is 46.0 Å². The fourth-order valence-corrected chi connectivity index (χ4v) is 7.14. The molecule has 12 heteroatoms. The molecule has 9 rings (SSSR count). The summed E-state index contributed by atoms with van der Waals surface area (Å²) in [6.45, 7) is 5.43. The first-order valence-electron chi connectivity index (χ1n) is 15.1. The van der Waals surface area contributed by atoms with Gasteiger partial charge in [-0.15, -0.1) is 0 Å². The summed E-state index contributed by atoms with van der Waals surface area (Å²) in [5.74, 6) is -1.01. The summed E-state index contributed by atoms with van der Waals surface area (Å²) in [5, 5.41) is 0. The van der Waals surface area contributed by atoms with Gasteiger partial charge < -0.3 is 37.9 Å². The third-order valence-corrected chi connectivity index (χ3v) is 9.42. The summed E-state index contributed by atoms with van der Waals surface area (Å²) in [6, 6.07) is 5.65. The van der Waals surface area contributed by atoms with Gasteiger partial charge in [0.1, 0.15) is 46.0 Å². The van der Waals surface area contributed by atoms with Crippen molar-refractivity contribution in [2.45, 2.75) is 27.7 Å². The van der Waals surface area contributed by atoms with Gasteiger partial charge in [0.2, 0.25) is 50.3 Å². The second-order valence-corrected chi connectivity index (χ2v) is 12.0. The van der Waals surface area contributed by atoms with E-state index in [9.17, 15) is 19.2 Å². The Hall–Kier alpha value is -6.04. The van der Waals surface area contributed by atoms with E-state index < -0.39 is 23.1 Å². The normalized spacial score (nSPS) is 16.2. The standard InChI is InChI=1S/C36H24O12/c1-13-29-17-5-18-26(38)20-7-22-28(40)24-8-23-27(39)21-6-19(25(17)37)31(43-9-41-29)14(2)33(21)45-11-47-35(23)16(4)36(24)48-12-46-34(22)15(3)32(20)44-10-42-30(13)18/h5-8H,9-12H2,1-4H3. The molecule has 4 aromatic carbocycles. The Balaban J connectivity index is 1.45. The Bertz CT molecular complexity index is 1820. The second-order valence-electron chi connectivity index (χ2n) is 12.0. The van der Waals surface area contributed by atoms with Crippen molar-refractivity contribution in [2.24, 2.45) is 0 Å². The number of carbonyl (C=O) groups excluding carboxylic acids is 4. The molecule has 0 saturated heterocycles. The van der Waals surface area contributed by atoms with Gasteiger partial charge in [0.25, 0.3) is 0 Å². The summed E-state index contributed by atoms with van der Waals surface area (Å²) in [4.78, 5) is 58.1. The van der Waals surface area contributed by atoms with E-state index in [-0.39, 0.29) is 118 Å². The Morgan fingerprint density at radius 1 is 0.312 bits per heavy atom. The van der Waals surface area contributed by atoms with Crippen LogP contribution in [-0.2, 0) is 0 Å². The average molecular weight is 649 g/mol. The minimum absolute atomic E-state index is 0.0625. The molecular formula is C36H24O12. The SMILES string of the molecule is Cc1c2c3cc4c1OCOc1c(cc5c(c1C)OCOc1c(cc6c(c1C)OCOc1c(cc(c(c1C)OCO2)C3=O)C6=O)C5=O)C4=O. The molecule has 4 aliphatic heterocycles. The van der Waals surface area contributed by atoms with E-state index in [0.717, 1.165) is 0 Å². The second kappa shape index (κ2) is 9.74. The third-order valence-electron chi connectivity index (χ3n) is 9.42. The van der Waals surface area contributed by atoms with Crippen LogP contribution in [0.2, 0.25) is 0 Å². The lowest BCUT2D eigenvalue weighted by Gasteiger charge is -2.29. The van der Waals surface area contributed by atoms with Crippen LogP contribution in [0.5, 0.6) is 46.0 Å². The largest absolute Gasteiger partial charge is 0.456 e. The van der Waals surface area contributed by atoms with Crippen LogP contribution in [0, 0.1) is 27.7 Å². The molecule has 0 N–H and O–H groups in total. The predicted molar refractivity (Wildman–Crippen MR) is 163 cm³/mol. The summed E-state index contributed by atoms with van der Waals surface area (Å²) in [6.07, 6.45) is 0. The maximum Gasteiger partial charge on any atom is 0.230 e. The number of ether oxygens (including phenoxy) is 8. The van der Waals surface area contributed by atoms with E-state index in [2.05, 4.69) is 0 Å². The first-order valence-corrected chi connectivity index (χ1v) is 15.1. The van der Waals surface area contributed by atoms with Crippen molar-refractivity contribution in [1.29, 1.82) is 0 Å². The van der Waals surface area contributed by atoms with Crippen LogP contribution in [0.4, 0.5) is 0 Å². The lowest BCUT2D eigenvalue weighted by Crippen LogP contribution is -2.25. The van der Waals surface area contributed by atoms with Crippen LogP contribution in [0.3, 0.4) is 0 Å². The van der Waals surface area contributed by atoms with E-state index in [1.165, 1.54) is 24.3 Å². The highest BCUT2D eigenvalue weighted by molar-refractivity contribution is 6.22. The Morgan fingerprint density at radius 2 is 0.458 bits per heavy atom. The quantitative estimate of drug-likeness (QED) is 0.221. The van der Waals surface area contributed by atoms with Crippen molar-refractivity contribution in [3.05, 3.63) is 91.0 Å². The molecule has 8 bridgehead atoms. The highest BCUT2D eigenvalue weighted by atomic mass is 16.7. The molecule has 240 valence electrons. The number of hydrogen-bond acceptors (Lipinski definition) is 12. The molecule has 0 atom stereocenters. The van der Waals surface area contributed by atoms with E-state index in [1.807, 2.05) is 0 Å². The lowest BCUT2D eigenvalue weighted by molar-refractivity contribution is 0.0877. The fraction of sp³-hybridized carbons (Fsp3) is 0.222. The monoisotopic (exact) mass is 648 g/mol. The van der Waals surface area contributed by atoms with E-state index in [4.69, 9.17) is 37.9 Å². The van der Waals surface area contributed by atoms with Gasteiger partial charge in [0.15, 0.2) is 0 Å². The molecular weight excluding hydrogens is 624 g/mol. The summed E-state index contributed by atoms with van der Waals surface area (Å²) < 4.78 is 47.8. The molecule has 12 nitrogen and oxygen atoms in total. The number of hydrogen-bond donors (Lipinski definition) is 0. The number of ketones is 4. The van der Waals surface area contributed by atoms with Gasteiger partial charge in [-0.25, -0.2) is 0 Å². The first kappa shape index (κ1) is 28.2. The molecule has 0 radical (unpaired) electrons. The van der Waals surface area contributed by atoms with Crippen LogP contribution in [0.1, 0.15) is 85.9 Å². The predicted octanol–water partition coefficient (Wildman–Crippen LogP) is 5.07. The summed E-state index contributed by atoms with van der Waals surface area (Å²) in [5.41, 5.74) is 1.96. The van der Waals surface area contributed by atoms with Crippen LogP contribution in [0.15, 0.2) is 24.3 Å². The molecule has 0 spiro atoms. The van der Waals surface area contributed by atoms with Crippen LogP contribution < -0.4 is 37.9 Å². The number of carbonyl (C=O) groups is 4. The summed E-state index contributed by atoms with van der Waals surface area (Å²) in [7, 11) is 0. The van der Waals surface area contributed by atoms with Crippen LogP contribution in [-0.4, -0.2) is 50.3 Å². The van der Waals surface area contributed by atoms with Crippen molar-refractivity contribution < 1.29 is 57.1 Å². The van der Waals surface area contributed by atoms with Crippen LogP contribution in [0.25, 0.3) is 0 Å². The van der Waals surface area contributed by atoms with Crippen molar-refractivity contribution >= 4 is 23.1 Å². The highest BCUT2D eigenvalue weighted by Gasteiger charge is 2.38.